The third-order valence-corrected chi connectivity index (χ3v) is 3.09. The molecule has 1 atom stereocenters. The van der Waals surface area contributed by atoms with Gasteiger partial charge in [-0.2, -0.15) is 5.10 Å². The van der Waals surface area contributed by atoms with E-state index in [-0.39, 0.29) is 24.9 Å². The SMILES string of the molecule is O=C1CNC(C(=O)Nc2cccnc2-n2cccn2)CN1. The summed E-state index contributed by atoms with van der Waals surface area (Å²) in [6.45, 7) is 0.402. The molecule has 3 rings (SSSR count). The number of aromatic nitrogens is 3. The first-order valence-electron chi connectivity index (χ1n) is 6.50. The quantitative estimate of drug-likeness (QED) is 0.692. The first kappa shape index (κ1) is 13.3. The molecule has 1 fully saturated rings. The zero-order chi connectivity index (χ0) is 14.7. The summed E-state index contributed by atoms with van der Waals surface area (Å²) < 4.78 is 1.58. The van der Waals surface area contributed by atoms with Crippen LogP contribution in [0.1, 0.15) is 0 Å². The topological polar surface area (TPSA) is 101 Å². The van der Waals surface area contributed by atoms with Gasteiger partial charge in [-0.15, -0.1) is 0 Å². The highest BCUT2D eigenvalue weighted by atomic mass is 16.2. The first-order chi connectivity index (χ1) is 10.2. The van der Waals surface area contributed by atoms with E-state index < -0.39 is 6.04 Å². The van der Waals surface area contributed by atoms with Crippen molar-refractivity contribution in [2.24, 2.45) is 0 Å². The lowest BCUT2D eigenvalue weighted by Crippen LogP contribution is -2.56. The van der Waals surface area contributed by atoms with Crippen molar-refractivity contribution in [2.45, 2.75) is 6.04 Å². The van der Waals surface area contributed by atoms with Crippen LogP contribution >= 0.6 is 0 Å². The zero-order valence-corrected chi connectivity index (χ0v) is 11.1. The third kappa shape index (κ3) is 2.90. The largest absolute Gasteiger partial charge is 0.353 e. The molecule has 1 saturated heterocycles. The lowest BCUT2D eigenvalue weighted by molar-refractivity contribution is -0.124. The Kier molecular flexibility index (Phi) is 3.61. The molecule has 1 aliphatic rings. The van der Waals surface area contributed by atoms with E-state index in [0.29, 0.717) is 11.5 Å². The number of hydrogen-bond donors (Lipinski definition) is 3. The van der Waals surface area contributed by atoms with E-state index in [4.69, 9.17) is 0 Å². The minimum absolute atomic E-state index is 0.113. The van der Waals surface area contributed by atoms with Gasteiger partial charge in [-0.3, -0.25) is 14.9 Å². The molecule has 3 N–H and O–H groups in total. The number of carbonyl (C=O) groups is 2. The second kappa shape index (κ2) is 5.71. The van der Waals surface area contributed by atoms with Crippen LogP contribution in [0, 0.1) is 0 Å². The summed E-state index contributed by atoms with van der Waals surface area (Å²) in [5.74, 6) is 0.199. The Balaban J connectivity index is 1.76. The van der Waals surface area contributed by atoms with E-state index in [1.807, 2.05) is 0 Å². The van der Waals surface area contributed by atoms with Gasteiger partial charge in [0.05, 0.1) is 12.2 Å². The van der Waals surface area contributed by atoms with Gasteiger partial charge < -0.3 is 10.6 Å². The molecular formula is C13H14N6O2. The zero-order valence-electron chi connectivity index (χ0n) is 11.1. The number of anilines is 1. The molecule has 2 aromatic rings. The number of nitrogens with one attached hydrogen (secondary N) is 3. The summed E-state index contributed by atoms with van der Waals surface area (Å²) in [6, 6.07) is 4.80. The maximum atomic E-state index is 12.2. The van der Waals surface area contributed by atoms with Crippen LogP contribution in [0.5, 0.6) is 0 Å². The molecule has 2 amide bonds. The number of carbonyl (C=O) groups excluding carboxylic acids is 2. The molecule has 2 aromatic heterocycles. The molecule has 21 heavy (non-hydrogen) atoms. The van der Waals surface area contributed by atoms with Crippen LogP contribution in [0.2, 0.25) is 0 Å². The number of nitrogens with zero attached hydrogens (tertiary/aromatic N) is 3. The van der Waals surface area contributed by atoms with Crippen LogP contribution < -0.4 is 16.0 Å². The molecule has 0 radical (unpaired) electrons. The smallest absolute Gasteiger partial charge is 0.243 e. The minimum Gasteiger partial charge on any atom is -0.353 e. The normalized spacial score (nSPS) is 18.1. The van der Waals surface area contributed by atoms with Crippen LogP contribution in [0.15, 0.2) is 36.8 Å². The predicted molar refractivity (Wildman–Crippen MR) is 74.8 cm³/mol. The summed E-state index contributed by atoms with van der Waals surface area (Å²) in [6.07, 6.45) is 5.02. The summed E-state index contributed by atoms with van der Waals surface area (Å²) in [7, 11) is 0. The van der Waals surface area contributed by atoms with Gasteiger partial charge in [0.15, 0.2) is 5.82 Å². The lowest BCUT2D eigenvalue weighted by Gasteiger charge is -2.23. The number of piperazine rings is 1. The van der Waals surface area contributed by atoms with Crippen molar-refractivity contribution in [3.05, 3.63) is 36.8 Å². The highest BCUT2D eigenvalue weighted by Gasteiger charge is 2.24. The summed E-state index contributed by atoms with van der Waals surface area (Å²) >= 11 is 0. The van der Waals surface area contributed by atoms with E-state index in [2.05, 4.69) is 26.0 Å². The molecule has 8 nitrogen and oxygen atoms in total. The predicted octanol–water partition coefficient (Wildman–Crippen LogP) is -0.706. The highest BCUT2D eigenvalue weighted by Crippen LogP contribution is 2.16. The number of pyridine rings is 1. The van der Waals surface area contributed by atoms with Gasteiger partial charge in [0.1, 0.15) is 6.04 Å². The van der Waals surface area contributed by atoms with Crippen LogP contribution in [0.4, 0.5) is 5.69 Å². The first-order valence-corrected chi connectivity index (χ1v) is 6.50. The Morgan fingerprint density at radius 2 is 2.29 bits per heavy atom. The molecule has 8 heteroatoms. The van der Waals surface area contributed by atoms with Crippen molar-refractivity contribution in [3.63, 3.8) is 0 Å². The molecule has 108 valence electrons. The Labute approximate surface area is 120 Å². The lowest BCUT2D eigenvalue weighted by atomic mass is 10.2. The molecule has 0 aliphatic carbocycles. The van der Waals surface area contributed by atoms with Gasteiger partial charge in [0, 0.05) is 25.1 Å². The van der Waals surface area contributed by atoms with Crippen molar-refractivity contribution in [2.75, 3.05) is 18.4 Å². The molecule has 1 aliphatic heterocycles. The Bertz CT molecular complexity index is 644. The minimum atomic E-state index is -0.464. The van der Waals surface area contributed by atoms with Gasteiger partial charge in [-0.25, -0.2) is 9.67 Å². The second-order valence-corrected chi connectivity index (χ2v) is 4.55. The summed E-state index contributed by atoms with van der Waals surface area (Å²) in [4.78, 5) is 27.5. The fraction of sp³-hybridized carbons (Fsp3) is 0.231. The molecular weight excluding hydrogens is 272 g/mol. The molecule has 3 heterocycles. The van der Waals surface area contributed by atoms with E-state index >= 15 is 0 Å². The van der Waals surface area contributed by atoms with Crippen molar-refractivity contribution >= 4 is 17.5 Å². The van der Waals surface area contributed by atoms with Gasteiger partial charge in [0.25, 0.3) is 0 Å². The molecule has 0 saturated carbocycles. The van der Waals surface area contributed by atoms with Crippen molar-refractivity contribution in [1.82, 2.24) is 25.4 Å². The Hall–Kier alpha value is -2.74. The van der Waals surface area contributed by atoms with Gasteiger partial charge in [0.2, 0.25) is 11.8 Å². The van der Waals surface area contributed by atoms with Crippen molar-refractivity contribution in [1.29, 1.82) is 0 Å². The van der Waals surface area contributed by atoms with Crippen LogP contribution in [-0.2, 0) is 9.59 Å². The van der Waals surface area contributed by atoms with Gasteiger partial charge in [-0.05, 0) is 18.2 Å². The Morgan fingerprint density at radius 1 is 1.38 bits per heavy atom. The monoisotopic (exact) mass is 286 g/mol. The van der Waals surface area contributed by atoms with Gasteiger partial charge in [-0.1, -0.05) is 0 Å². The van der Waals surface area contributed by atoms with Crippen LogP contribution in [-0.4, -0.2) is 45.7 Å². The van der Waals surface area contributed by atoms with E-state index in [1.165, 1.54) is 0 Å². The Morgan fingerprint density at radius 3 is 3.00 bits per heavy atom. The summed E-state index contributed by atoms with van der Waals surface area (Å²) in [5.41, 5.74) is 0.560. The molecule has 0 spiro atoms. The average molecular weight is 286 g/mol. The number of amides is 2. The van der Waals surface area contributed by atoms with Crippen molar-refractivity contribution < 1.29 is 9.59 Å². The average Bonchev–Trinajstić information content (AvgIpc) is 3.02. The number of rotatable bonds is 3. The molecule has 1 unspecified atom stereocenters. The number of hydrogen-bond acceptors (Lipinski definition) is 5. The van der Waals surface area contributed by atoms with Crippen molar-refractivity contribution in [3.8, 4) is 5.82 Å². The highest BCUT2D eigenvalue weighted by molar-refractivity contribution is 5.97. The standard InChI is InChI=1S/C13H14N6O2/c20-11-8-15-10(7-16-11)13(21)18-9-3-1-4-14-12(9)19-6-2-5-17-19/h1-6,10,15H,7-8H2,(H,16,20)(H,18,21). The van der Waals surface area contributed by atoms with E-state index in [1.54, 1.807) is 41.5 Å². The fourth-order valence-corrected chi connectivity index (χ4v) is 2.04. The third-order valence-electron chi connectivity index (χ3n) is 3.09. The van der Waals surface area contributed by atoms with E-state index in [0.717, 1.165) is 0 Å². The molecule has 0 bridgehead atoms. The summed E-state index contributed by atoms with van der Waals surface area (Å²) in [5, 5.41) is 12.4. The maximum Gasteiger partial charge on any atom is 0.243 e. The van der Waals surface area contributed by atoms with E-state index in [9.17, 15) is 9.59 Å². The van der Waals surface area contributed by atoms with Gasteiger partial charge >= 0.3 is 0 Å². The second-order valence-electron chi connectivity index (χ2n) is 4.55. The fourth-order valence-electron chi connectivity index (χ4n) is 2.04. The van der Waals surface area contributed by atoms with Crippen LogP contribution in [0.25, 0.3) is 5.82 Å². The maximum absolute atomic E-state index is 12.2. The van der Waals surface area contributed by atoms with Crippen LogP contribution in [0.3, 0.4) is 0 Å². The molecule has 0 aromatic carbocycles.